The maximum absolute atomic E-state index is 13.5. The van der Waals surface area contributed by atoms with E-state index in [2.05, 4.69) is 16.0 Å². The molecule has 1 aliphatic heterocycles. The van der Waals surface area contributed by atoms with Crippen LogP contribution < -0.4 is 16.0 Å². The first-order valence-corrected chi connectivity index (χ1v) is 13.1. The summed E-state index contributed by atoms with van der Waals surface area (Å²) in [5.74, 6) is -0.0880. The molecule has 2 atom stereocenters. The Morgan fingerprint density at radius 2 is 1.81 bits per heavy atom. The summed E-state index contributed by atoms with van der Waals surface area (Å²) in [7, 11) is 1.90. The number of hydrogen-bond acceptors (Lipinski definition) is 4. The Morgan fingerprint density at radius 1 is 1.06 bits per heavy atom. The highest BCUT2D eigenvalue weighted by Crippen LogP contribution is 2.27. The SMILES string of the molecule is CNCCCC1NC(CNC(=O)c2ccc3ccccc3c2)CCN(Cc2c(Cl)cccc2Cl)C1=O. The first-order valence-electron chi connectivity index (χ1n) is 12.4. The predicted molar refractivity (Wildman–Crippen MR) is 147 cm³/mol. The van der Waals surface area contributed by atoms with Crippen molar-refractivity contribution in [2.45, 2.75) is 37.9 Å². The Kier molecular flexibility index (Phi) is 9.21. The smallest absolute Gasteiger partial charge is 0.251 e. The molecule has 36 heavy (non-hydrogen) atoms. The number of benzene rings is 3. The monoisotopic (exact) mass is 526 g/mol. The van der Waals surface area contributed by atoms with Gasteiger partial charge in [0.1, 0.15) is 0 Å². The molecule has 0 saturated carbocycles. The summed E-state index contributed by atoms with van der Waals surface area (Å²) < 4.78 is 0. The minimum Gasteiger partial charge on any atom is -0.350 e. The summed E-state index contributed by atoms with van der Waals surface area (Å²) in [5.41, 5.74) is 1.38. The van der Waals surface area contributed by atoms with Crippen molar-refractivity contribution in [1.82, 2.24) is 20.9 Å². The number of rotatable bonds is 9. The van der Waals surface area contributed by atoms with Crippen molar-refractivity contribution in [3.63, 3.8) is 0 Å². The van der Waals surface area contributed by atoms with E-state index in [1.807, 2.05) is 54.4 Å². The van der Waals surface area contributed by atoms with Crippen LogP contribution in [0.1, 0.15) is 35.2 Å². The van der Waals surface area contributed by atoms with Crippen LogP contribution >= 0.6 is 23.2 Å². The van der Waals surface area contributed by atoms with Crippen LogP contribution in [0.15, 0.2) is 60.7 Å². The van der Waals surface area contributed by atoms with Gasteiger partial charge in [-0.25, -0.2) is 0 Å². The quantitative estimate of drug-likeness (QED) is 0.355. The van der Waals surface area contributed by atoms with Gasteiger partial charge in [-0.1, -0.05) is 59.6 Å². The lowest BCUT2D eigenvalue weighted by Gasteiger charge is -2.25. The molecule has 1 saturated heterocycles. The molecule has 0 aromatic heterocycles. The van der Waals surface area contributed by atoms with Crippen LogP contribution in [-0.2, 0) is 11.3 Å². The summed E-state index contributed by atoms with van der Waals surface area (Å²) in [6, 6.07) is 18.7. The number of carbonyl (C=O) groups is 2. The predicted octanol–water partition coefficient (Wildman–Crippen LogP) is 4.64. The van der Waals surface area contributed by atoms with Crippen LogP contribution in [0.3, 0.4) is 0 Å². The fraction of sp³-hybridized carbons (Fsp3) is 0.357. The normalized spacial score (nSPS) is 18.3. The van der Waals surface area contributed by atoms with Gasteiger partial charge in [0, 0.05) is 46.8 Å². The van der Waals surface area contributed by atoms with Gasteiger partial charge in [-0.15, -0.1) is 0 Å². The molecule has 8 heteroatoms. The molecule has 1 heterocycles. The van der Waals surface area contributed by atoms with Gasteiger partial charge >= 0.3 is 0 Å². The minimum absolute atomic E-state index is 0.0328. The molecule has 3 aromatic carbocycles. The molecule has 0 radical (unpaired) electrons. The molecular formula is C28H32Cl2N4O2. The lowest BCUT2D eigenvalue weighted by molar-refractivity contribution is -0.133. The van der Waals surface area contributed by atoms with Crippen LogP contribution in [-0.4, -0.2) is 55.5 Å². The molecule has 4 rings (SSSR count). The van der Waals surface area contributed by atoms with E-state index in [4.69, 9.17) is 23.2 Å². The first-order chi connectivity index (χ1) is 17.5. The van der Waals surface area contributed by atoms with Gasteiger partial charge in [-0.3, -0.25) is 9.59 Å². The van der Waals surface area contributed by atoms with Crippen LogP contribution in [0, 0.1) is 0 Å². The number of halogens is 2. The lowest BCUT2D eigenvalue weighted by Crippen LogP contribution is -2.48. The maximum atomic E-state index is 13.5. The van der Waals surface area contributed by atoms with Crippen LogP contribution in [0.25, 0.3) is 10.8 Å². The van der Waals surface area contributed by atoms with Crippen molar-refractivity contribution >= 4 is 45.8 Å². The lowest BCUT2D eigenvalue weighted by atomic mass is 10.1. The molecule has 0 spiro atoms. The summed E-state index contributed by atoms with van der Waals surface area (Å²) >= 11 is 12.8. The molecule has 1 aliphatic rings. The zero-order valence-corrected chi connectivity index (χ0v) is 21.9. The topological polar surface area (TPSA) is 73.5 Å². The van der Waals surface area contributed by atoms with E-state index in [0.29, 0.717) is 48.1 Å². The van der Waals surface area contributed by atoms with E-state index >= 15 is 0 Å². The van der Waals surface area contributed by atoms with E-state index in [1.54, 1.807) is 18.2 Å². The highest BCUT2D eigenvalue weighted by atomic mass is 35.5. The summed E-state index contributed by atoms with van der Waals surface area (Å²) in [6.45, 7) is 2.16. The van der Waals surface area contributed by atoms with Crippen molar-refractivity contribution in [3.8, 4) is 0 Å². The van der Waals surface area contributed by atoms with Gasteiger partial charge in [0.2, 0.25) is 5.91 Å². The van der Waals surface area contributed by atoms with Gasteiger partial charge in [0.25, 0.3) is 5.91 Å². The van der Waals surface area contributed by atoms with Crippen molar-refractivity contribution in [1.29, 1.82) is 0 Å². The van der Waals surface area contributed by atoms with E-state index < -0.39 is 0 Å². The molecule has 0 aliphatic carbocycles. The van der Waals surface area contributed by atoms with Gasteiger partial charge in [0.05, 0.1) is 6.04 Å². The van der Waals surface area contributed by atoms with Crippen LogP contribution in [0.4, 0.5) is 0 Å². The van der Waals surface area contributed by atoms with E-state index in [0.717, 1.165) is 29.3 Å². The van der Waals surface area contributed by atoms with Gasteiger partial charge < -0.3 is 20.9 Å². The standard InChI is InChI=1S/C28H32Cl2N4O2/c1-31-14-5-10-26-28(36)34(18-23-24(29)8-4-9-25(23)30)15-13-22(33-26)17-32-27(35)21-12-11-19-6-2-3-7-20(19)16-21/h2-4,6-9,11-12,16,22,26,31,33H,5,10,13-15,17-18H2,1H3,(H,32,35). The molecule has 2 amide bonds. The zero-order chi connectivity index (χ0) is 25.5. The molecular weight excluding hydrogens is 495 g/mol. The molecule has 6 nitrogen and oxygen atoms in total. The number of carbonyl (C=O) groups excluding carboxylic acids is 2. The Balaban J connectivity index is 1.44. The molecule has 1 fully saturated rings. The molecule has 190 valence electrons. The summed E-state index contributed by atoms with van der Waals surface area (Å²) in [4.78, 5) is 28.2. The number of hydrogen-bond donors (Lipinski definition) is 3. The Bertz CT molecular complexity index is 1200. The summed E-state index contributed by atoms with van der Waals surface area (Å²) in [6.07, 6.45) is 2.26. The third-order valence-electron chi connectivity index (χ3n) is 6.65. The van der Waals surface area contributed by atoms with Crippen molar-refractivity contribution in [3.05, 3.63) is 81.8 Å². The van der Waals surface area contributed by atoms with Crippen LogP contribution in [0.5, 0.6) is 0 Å². The highest BCUT2D eigenvalue weighted by molar-refractivity contribution is 6.36. The third-order valence-corrected chi connectivity index (χ3v) is 7.35. The van der Waals surface area contributed by atoms with E-state index in [1.165, 1.54) is 0 Å². The average molecular weight is 527 g/mol. The van der Waals surface area contributed by atoms with Gasteiger partial charge in [-0.05, 0) is 67.9 Å². The van der Waals surface area contributed by atoms with Gasteiger partial charge in [0.15, 0.2) is 0 Å². The highest BCUT2D eigenvalue weighted by Gasteiger charge is 2.31. The third kappa shape index (κ3) is 6.56. The fourth-order valence-corrected chi connectivity index (χ4v) is 5.13. The molecule has 3 N–H and O–H groups in total. The molecule has 0 bridgehead atoms. The van der Waals surface area contributed by atoms with Crippen molar-refractivity contribution in [2.75, 3.05) is 26.7 Å². The second-order valence-electron chi connectivity index (χ2n) is 9.18. The second-order valence-corrected chi connectivity index (χ2v) is 10.00. The number of nitrogens with zero attached hydrogens (tertiary/aromatic N) is 1. The zero-order valence-electron chi connectivity index (χ0n) is 20.4. The summed E-state index contributed by atoms with van der Waals surface area (Å²) in [5, 5.41) is 12.9. The first kappa shape index (κ1) is 26.4. The number of nitrogens with one attached hydrogen (secondary N) is 3. The molecule has 2 unspecified atom stereocenters. The Labute approximate surface area is 222 Å². The largest absolute Gasteiger partial charge is 0.350 e. The van der Waals surface area contributed by atoms with Crippen LogP contribution in [0.2, 0.25) is 10.0 Å². The van der Waals surface area contributed by atoms with Gasteiger partial charge in [-0.2, -0.15) is 0 Å². The minimum atomic E-state index is -0.343. The van der Waals surface area contributed by atoms with E-state index in [-0.39, 0.29) is 23.9 Å². The number of fused-ring (bicyclic) bond motifs is 1. The maximum Gasteiger partial charge on any atom is 0.251 e. The second kappa shape index (κ2) is 12.5. The van der Waals surface area contributed by atoms with Crippen molar-refractivity contribution in [2.24, 2.45) is 0 Å². The number of amides is 2. The Hall–Kier alpha value is -2.64. The Morgan fingerprint density at radius 3 is 2.56 bits per heavy atom. The average Bonchev–Trinajstić information content (AvgIpc) is 3.03. The van der Waals surface area contributed by atoms with E-state index in [9.17, 15) is 9.59 Å². The van der Waals surface area contributed by atoms with Crippen molar-refractivity contribution < 1.29 is 9.59 Å². The fourth-order valence-electron chi connectivity index (χ4n) is 4.61. The molecule has 3 aromatic rings.